The van der Waals surface area contributed by atoms with Gasteiger partial charge in [-0.2, -0.15) is 0 Å². The molecule has 0 aromatic heterocycles. The highest BCUT2D eigenvalue weighted by Crippen LogP contribution is 2.48. The van der Waals surface area contributed by atoms with Crippen molar-refractivity contribution in [2.24, 2.45) is 23.5 Å². The van der Waals surface area contributed by atoms with Gasteiger partial charge in [0, 0.05) is 17.8 Å². The summed E-state index contributed by atoms with van der Waals surface area (Å²) in [5.41, 5.74) is 7.49. The molecule has 2 fully saturated rings. The predicted octanol–water partition coefficient (Wildman–Crippen LogP) is 3.37. The first-order valence-corrected chi connectivity index (χ1v) is 8.03. The van der Waals surface area contributed by atoms with Crippen LogP contribution in [-0.2, 0) is 4.79 Å². The molecular weight excluding hydrogens is 338 g/mol. The van der Waals surface area contributed by atoms with Crippen molar-refractivity contribution < 1.29 is 18.3 Å². The molecule has 3 N–H and O–H groups in total. The van der Waals surface area contributed by atoms with Gasteiger partial charge in [-0.05, 0) is 49.7 Å². The van der Waals surface area contributed by atoms with Crippen LogP contribution >= 0.6 is 12.4 Å². The Balaban J connectivity index is 0.00000208. The van der Waals surface area contributed by atoms with Crippen LogP contribution in [0.1, 0.15) is 24.8 Å². The van der Waals surface area contributed by atoms with Crippen molar-refractivity contribution in [3.63, 3.8) is 0 Å². The zero-order chi connectivity index (χ0) is 16.6. The standard InChI is InChI=1S/C17H22F2N2O2.ClH/c1-9-2-5-12(7-13(9)23-8-14(18)19)21-17(22)15-10-3-4-11(6-10)16(15)20;/h2,5,7,10-11,14-16H,3-4,6,8,20H2,1H3,(H,21,22);1H. The van der Waals surface area contributed by atoms with E-state index in [9.17, 15) is 13.6 Å². The molecule has 2 bridgehead atoms. The lowest BCUT2D eigenvalue weighted by molar-refractivity contribution is -0.121. The third kappa shape index (κ3) is 3.81. The van der Waals surface area contributed by atoms with Crippen LogP contribution in [0, 0.1) is 24.7 Å². The van der Waals surface area contributed by atoms with Crippen LogP contribution in [0.2, 0.25) is 0 Å². The zero-order valence-corrected chi connectivity index (χ0v) is 14.3. The number of fused-ring (bicyclic) bond motifs is 2. The topological polar surface area (TPSA) is 64.4 Å². The number of carbonyl (C=O) groups is 1. The maximum atomic E-state index is 12.5. The Morgan fingerprint density at radius 1 is 1.38 bits per heavy atom. The number of nitrogens with one attached hydrogen (secondary N) is 1. The molecule has 1 amide bonds. The second kappa shape index (κ2) is 7.66. The number of hydrogen-bond donors (Lipinski definition) is 2. The van der Waals surface area contributed by atoms with Crippen LogP contribution in [0.5, 0.6) is 5.75 Å². The lowest BCUT2D eigenvalue weighted by atomic mass is 9.84. The van der Waals surface area contributed by atoms with Crippen LogP contribution in [0.25, 0.3) is 0 Å². The number of carbonyl (C=O) groups excluding carboxylic acids is 1. The van der Waals surface area contributed by atoms with E-state index in [2.05, 4.69) is 5.32 Å². The fraction of sp³-hybridized carbons (Fsp3) is 0.588. The molecule has 1 aromatic rings. The Morgan fingerprint density at radius 2 is 2.08 bits per heavy atom. The Hall–Kier alpha value is -1.40. The molecule has 134 valence electrons. The van der Waals surface area contributed by atoms with E-state index in [1.54, 1.807) is 25.1 Å². The van der Waals surface area contributed by atoms with Crippen LogP contribution in [0.4, 0.5) is 14.5 Å². The normalized spacial score (nSPS) is 27.9. The molecule has 24 heavy (non-hydrogen) atoms. The van der Waals surface area contributed by atoms with Crippen LogP contribution < -0.4 is 15.8 Å². The van der Waals surface area contributed by atoms with Gasteiger partial charge in [0.25, 0.3) is 6.43 Å². The summed E-state index contributed by atoms with van der Waals surface area (Å²) in [6, 6.07) is 5.01. The summed E-state index contributed by atoms with van der Waals surface area (Å²) in [5.74, 6) is 0.961. The Kier molecular flexibility index (Phi) is 6.04. The second-order valence-electron chi connectivity index (χ2n) is 6.61. The van der Waals surface area contributed by atoms with Gasteiger partial charge in [0.15, 0.2) is 0 Å². The predicted molar refractivity (Wildman–Crippen MR) is 90.9 cm³/mol. The molecule has 1 aromatic carbocycles. The van der Waals surface area contributed by atoms with Gasteiger partial charge >= 0.3 is 0 Å². The largest absolute Gasteiger partial charge is 0.487 e. The van der Waals surface area contributed by atoms with Crippen molar-refractivity contribution in [3.05, 3.63) is 23.8 Å². The third-order valence-corrected chi connectivity index (χ3v) is 5.10. The van der Waals surface area contributed by atoms with E-state index >= 15 is 0 Å². The van der Waals surface area contributed by atoms with Crippen molar-refractivity contribution in [1.82, 2.24) is 0 Å². The minimum Gasteiger partial charge on any atom is -0.487 e. The highest BCUT2D eigenvalue weighted by atomic mass is 35.5. The summed E-state index contributed by atoms with van der Waals surface area (Å²) in [4.78, 5) is 12.5. The van der Waals surface area contributed by atoms with Gasteiger partial charge < -0.3 is 15.8 Å². The lowest BCUT2D eigenvalue weighted by Crippen LogP contribution is -2.42. The molecular formula is C17H23ClF2N2O2. The van der Waals surface area contributed by atoms with E-state index in [1.165, 1.54) is 0 Å². The second-order valence-corrected chi connectivity index (χ2v) is 6.61. The Morgan fingerprint density at radius 3 is 2.71 bits per heavy atom. The molecule has 0 aliphatic heterocycles. The van der Waals surface area contributed by atoms with Crippen molar-refractivity contribution in [2.75, 3.05) is 11.9 Å². The van der Waals surface area contributed by atoms with Crippen LogP contribution in [-0.4, -0.2) is 25.0 Å². The molecule has 0 saturated heterocycles. The van der Waals surface area contributed by atoms with E-state index in [4.69, 9.17) is 10.5 Å². The average molecular weight is 361 g/mol. The molecule has 0 spiro atoms. The van der Waals surface area contributed by atoms with Crippen LogP contribution in [0.15, 0.2) is 18.2 Å². The lowest BCUT2D eigenvalue weighted by Gasteiger charge is -2.27. The molecule has 2 aliphatic rings. The fourth-order valence-electron chi connectivity index (χ4n) is 3.94. The van der Waals surface area contributed by atoms with E-state index in [0.29, 0.717) is 23.3 Å². The molecule has 4 atom stereocenters. The number of aryl methyl sites for hydroxylation is 1. The molecule has 2 aliphatic carbocycles. The maximum Gasteiger partial charge on any atom is 0.272 e. The summed E-state index contributed by atoms with van der Waals surface area (Å²) in [6.45, 7) is 1.12. The summed E-state index contributed by atoms with van der Waals surface area (Å²) < 4.78 is 29.7. The third-order valence-electron chi connectivity index (χ3n) is 5.10. The van der Waals surface area contributed by atoms with Gasteiger partial charge in [-0.1, -0.05) is 6.07 Å². The molecule has 7 heteroatoms. The van der Waals surface area contributed by atoms with Gasteiger partial charge in [-0.15, -0.1) is 12.4 Å². The van der Waals surface area contributed by atoms with Gasteiger partial charge in [0.05, 0.1) is 5.92 Å². The Labute approximate surface area is 146 Å². The Bertz CT molecular complexity index is 598. The van der Waals surface area contributed by atoms with Gasteiger partial charge in [-0.3, -0.25) is 4.79 Å². The molecule has 4 unspecified atom stereocenters. The average Bonchev–Trinajstić information content (AvgIpc) is 3.08. The molecule has 4 nitrogen and oxygen atoms in total. The molecule has 3 rings (SSSR count). The summed E-state index contributed by atoms with van der Waals surface area (Å²) >= 11 is 0. The minimum absolute atomic E-state index is 0. The zero-order valence-electron chi connectivity index (χ0n) is 13.5. The first-order chi connectivity index (χ1) is 11.0. The monoisotopic (exact) mass is 360 g/mol. The number of alkyl halides is 2. The van der Waals surface area contributed by atoms with Gasteiger partial charge in [-0.25, -0.2) is 8.78 Å². The first-order valence-electron chi connectivity index (χ1n) is 8.03. The van der Waals surface area contributed by atoms with Crippen molar-refractivity contribution in [1.29, 1.82) is 0 Å². The highest BCUT2D eigenvalue weighted by Gasteiger charge is 2.49. The minimum atomic E-state index is -2.53. The van der Waals surface area contributed by atoms with E-state index in [1.807, 2.05) is 0 Å². The number of anilines is 1. The molecule has 2 saturated carbocycles. The maximum absolute atomic E-state index is 12.5. The van der Waals surface area contributed by atoms with E-state index < -0.39 is 13.0 Å². The number of benzene rings is 1. The summed E-state index contributed by atoms with van der Waals surface area (Å²) in [6.07, 6.45) is 0.689. The van der Waals surface area contributed by atoms with Crippen molar-refractivity contribution in [2.45, 2.75) is 38.7 Å². The quantitative estimate of drug-likeness (QED) is 0.846. The summed E-state index contributed by atoms with van der Waals surface area (Å²) in [5, 5.41) is 2.87. The smallest absolute Gasteiger partial charge is 0.272 e. The first kappa shape index (κ1) is 18.9. The number of halogens is 3. The van der Waals surface area contributed by atoms with Crippen molar-refractivity contribution in [3.8, 4) is 5.75 Å². The number of rotatable bonds is 5. The van der Waals surface area contributed by atoms with Gasteiger partial charge in [0.1, 0.15) is 12.4 Å². The SMILES string of the molecule is Cc1ccc(NC(=O)C2C3CCC(C3)C2N)cc1OCC(F)F.Cl. The molecule has 0 heterocycles. The number of nitrogens with two attached hydrogens (primary N) is 1. The number of hydrogen-bond acceptors (Lipinski definition) is 3. The number of amides is 1. The fourth-order valence-corrected chi connectivity index (χ4v) is 3.94. The molecule has 0 radical (unpaired) electrons. The van der Waals surface area contributed by atoms with E-state index in [0.717, 1.165) is 24.8 Å². The van der Waals surface area contributed by atoms with Crippen molar-refractivity contribution >= 4 is 24.0 Å². The van der Waals surface area contributed by atoms with Gasteiger partial charge in [0.2, 0.25) is 5.91 Å². The van der Waals surface area contributed by atoms with Crippen LogP contribution in [0.3, 0.4) is 0 Å². The number of ether oxygens (including phenoxy) is 1. The summed E-state index contributed by atoms with van der Waals surface area (Å²) in [7, 11) is 0. The highest BCUT2D eigenvalue weighted by molar-refractivity contribution is 5.93. The van der Waals surface area contributed by atoms with E-state index in [-0.39, 0.29) is 30.3 Å².